The van der Waals surface area contributed by atoms with Gasteiger partial charge in [0.15, 0.2) is 11.5 Å². The summed E-state index contributed by atoms with van der Waals surface area (Å²) < 4.78 is 18.4. The Morgan fingerprint density at radius 3 is 2.50 bits per heavy atom. The summed E-state index contributed by atoms with van der Waals surface area (Å²) in [5.74, 6) is 1.08. The van der Waals surface area contributed by atoms with Crippen molar-refractivity contribution in [2.45, 2.75) is 44.4 Å². The molecule has 3 aromatic rings. The number of aromatic nitrogens is 2. The molecule has 4 rings (SSSR count). The summed E-state index contributed by atoms with van der Waals surface area (Å²) in [4.78, 5) is 31.6. The maximum atomic E-state index is 13.2. The lowest BCUT2D eigenvalue weighted by atomic mass is 9.92. The SMILES string of the molecule is COCC(=O)N(C)[C@H]1CC[C@H](Oc2cc3c(=O)n(Cc4ccccc4)cnc3cc2OC)CC1. The molecule has 1 aromatic heterocycles. The van der Waals surface area contributed by atoms with Crippen LogP contribution in [0.2, 0.25) is 0 Å². The molecule has 2 aromatic carbocycles. The van der Waals surface area contributed by atoms with Gasteiger partial charge in [-0.15, -0.1) is 0 Å². The van der Waals surface area contributed by atoms with Crippen molar-refractivity contribution in [2.75, 3.05) is 27.9 Å². The lowest BCUT2D eigenvalue weighted by molar-refractivity contribution is -0.136. The summed E-state index contributed by atoms with van der Waals surface area (Å²) in [6.07, 6.45) is 4.86. The van der Waals surface area contributed by atoms with Crippen LogP contribution in [0.5, 0.6) is 11.5 Å². The number of rotatable bonds is 8. The first kappa shape index (κ1) is 23.8. The summed E-state index contributed by atoms with van der Waals surface area (Å²) in [6.45, 7) is 0.543. The number of hydrogen-bond acceptors (Lipinski definition) is 6. The zero-order valence-electron chi connectivity index (χ0n) is 19.9. The first-order valence-corrected chi connectivity index (χ1v) is 11.5. The molecule has 1 aliphatic rings. The predicted octanol–water partition coefficient (Wildman–Crippen LogP) is 3.25. The van der Waals surface area contributed by atoms with Gasteiger partial charge in [-0.1, -0.05) is 30.3 Å². The van der Waals surface area contributed by atoms with Crippen molar-refractivity contribution in [3.05, 3.63) is 64.7 Å². The third-order valence-corrected chi connectivity index (χ3v) is 6.45. The average molecular weight is 466 g/mol. The number of methoxy groups -OCH3 is 2. The molecule has 0 spiro atoms. The Morgan fingerprint density at radius 2 is 1.82 bits per heavy atom. The van der Waals surface area contributed by atoms with Crippen LogP contribution in [0.3, 0.4) is 0 Å². The summed E-state index contributed by atoms with van der Waals surface area (Å²) in [7, 11) is 4.93. The Bertz CT molecular complexity index is 1190. The van der Waals surface area contributed by atoms with E-state index < -0.39 is 0 Å². The van der Waals surface area contributed by atoms with Gasteiger partial charge in [-0.3, -0.25) is 14.2 Å². The van der Waals surface area contributed by atoms with Crippen LogP contribution < -0.4 is 15.0 Å². The predicted molar refractivity (Wildman–Crippen MR) is 129 cm³/mol. The number of likely N-dealkylation sites (N-methyl/N-ethyl adjacent to an activating group) is 1. The third-order valence-electron chi connectivity index (χ3n) is 6.45. The molecule has 180 valence electrons. The number of carbonyl (C=O) groups excluding carboxylic acids is 1. The second-order valence-corrected chi connectivity index (χ2v) is 8.67. The van der Waals surface area contributed by atoms with Gasteiger partial charge in [0.05, 0.1) is 37.0 Å². The van der Waals surface area contributed by atoms with E-state index in [1.807, 2.05) is 37.4 Å². The van der Waals surface area contributed by atoms with Crippen LogP contribution >= 0.6 is 0 Å². The van der Waals surface area contributed by atoms with Crippen LogP contribution in [0.15, 0.2) is 53.6 Å². The third kappa shape index (κ3) is 5.22. The Hall–Kier alpha value is -3.39. The lowest BCUT2D eigenvalue weighted by Gasteiger charge is -2.34. The van der Waals surface area contributed by atoms with Crippen molar-refractivity contribution in [3.63, 3.8) is 0 Å². The lowest BCUT2D eigenvalue weighted by Crippen LogP contribution is -2.42. The Kier molecular flexibility index (Phi) is 7.47. The van der Waals surface area contributed by atoms with Gasteiger partial charge in [0, 0.05) is 26.3 Å². The highest BCUT2D eigenvalue weighted by molar-refractivity contribution is 5.81. The van der Waals surface area contributed by atoms with Gasteiger partial charge >= 0.3 is 0 Å². The summed E-state index contributed by atoms with van der Waals surface area (Å²) >= 11 is 0. The van der Waals surface area contributed by atoms with Crippen molar-refractivity contribution < 1.29 is 19.0 Å². The molecule has 0 bridgehead atoms. The van der Waals surface area contributed by atoms with Gasteiger partial charge in [-0.2, -0.15) is 0 Å². The van der Waals surface area contributed by atoms with Crippen molar-refractivity contribution in [1.29, 1.82) is 0 Å². The fourth-order valence-corrected chi connectivity index (χ4v) is 4.47. The largest absolute Gasteiger partial charge is 0.493 e. The minimum absolute atomic E-state index is 0.0117. The Morgan fingerprint density at radius 1 is 1.09 bits per heavy atom. The molecule has 8 heteroatoms. The first-order chi connectivity index (χ1) is 16.5. The maximum Gasteiger partial charge on any atom is 0.261 e. The van der Waals surface area contributed by atoms with E-state index in [0.29, 0.717) is 28.9 Å². The standard InChI is InChI=1S/C26H31N3O5/c1-28(25(30)16-32-2)19-9-11-20(12-10-19)34-24-13-21-22(14-23(24)33-3)27-17-29(26(21)31)15-18-7-5-4-6-8-18/h4-8,13-14,17,19-20H,9-12,15-16H2,1-3H3/t19-,20-. The van der Waals surface area contributed by atoms with E-state index in [4.69, 9.17) is 14.2 Å². The number of amides is 1. The number of nitrogens with zero attached hydrogens (tertiary/aromatic N) is 3. The van der Waals surface area contributed by atoms with E-state index in [1.54, 1.807) is 35.0 Å². The van der Waals surface area contributed by atoms with Gasteiger partial charge in [-0.25, -0.2) is 4.98 Å². The summed E-state index contributed by atoms with van der Waals surface area (Å²) in [5.41, 5.74) is 1.48. The van der Waals surface area contributed by atoms with Crippen LogP contribution in [0.4, 0.5) is 0 Å². The van der Waals surface area contributed by atoms with Gasteiger partial charge in [-0.05, 0) is 37.3 Å². The van der Waals surface area contributed by atoms with E-state index in [0.717, 1.165) is 31.2 Å². The molecule has 1 saturated carbocycles. The molecule has 1 amide bonds. The van der Waals surface area contributed by atoms with Crippen LogP contribution in [-0.4, -0.2) is 60.4 Å². The zero-order chi connectivity index (χ0) is 24.1. The van der Waals surface area contributed by atoms with Crippen LogP contribution in [-0.2, 0) is 16.1 Å². The smallest absolute Gasteiger partial charge is 0.261 e. The summed E-state index contributed by atoms with van der Waals surface area (Å²) in [6, 6.07) is 13.5. The van der Waals surface area contributed by atoms with Crippen molar-refractivity contribution in [1.82, 2.24) is 14.5 Å². The van der Waals surface area contributed by atoms with Gasteiger partial charge in [0.1, 0.15) is 6.61 Å². The maximum absolute atomic E-state index is 13.2. The fraction of sp³-hybridized carbons (Fsp3) is 0.423. The van der Waals surface area contributed by atoms with E-state index in [9.17, 15) is 9.59 Å². The molecular formula is C26H31N3O5. The van der Waals surface area contributed by atoms with Gasteiger partial charge in [0.25, 0.3) is 5.56 Å². The molecule has 0 aliphatic heterocycles. The zero-order valence-corrected chi connectivity index (χ0v) is 19.9. The van der Waals surface area contributed by atoms with Crippen molar-refractivity contribution in [3.8, 4) is 11.5 Å². The molecule has 34 heavy (non-hydrogen) atoms. The quantitative estimate of drug-likeness (QED) is 0.508. The molecule has 0 unspecified atom stereocenters. The molecule has 1 heterocycles. The molecule has 0 atom stereocenters. The molecule has 0 saturated heterocycles. The van der Waals surface area contributed by atoms with Crippen LogP contribution in [0.1, 0.15) is 31.2 Å². The molecule has 0 radical (unpaired) electrons. The van der Waals surface area contributed by atoms with Crippen molar-refractivity contribution in [2.24, 2.45) is 0 Å². The minimum Gasteiger partial charge on any atom is -0.493 e. The van der Waals surface area contributed by atoms with Gasteiger partial charge in [0.2, 0.25) is 5.91 Å². The molecular weight excluding hydrogens is 434 g/mol. The number of carbonyl (C=O) groups is 1. The second kappa shape index (κ2) is 10.7. The highest BCUT2D eigenvalue weighted by atomic mass is 16.5. The van der Waals surface area contributed by atoms with E-state index in [2.05, 4.69) is 4.98 Å². The second-order valence-electron chi connectivity index (χ2n) is 8.67. The van der Waals surface area contributed by atoms with Crippen molar-refractivity contribution >= 4 is 16.8 Å². The van der Waals surface area contributed by atoms with E-state index in [1.165, 1.54) is 7.11 Å². The van der Waals surface area contributed by atoms with E-state index >= 15 is 0 Å². The average Bonchev–Trinajstić information content (AvgIpc) is 2.86. The minimum atomic E-state index is -0.122. The fourth-order valence-electron chi connectivity index (χ4n) is 4.47. The molecule has 1 fully saturated rings. The Balaban J connectivity index is 1.51. The summed E-state index contributed by atoms with van der Waals surface area (Å²) in [5, 5.41) is 0.493. The van der Waals surface area contributed by atoms with Gasteiger partial charge < -0.3 is 19.1 Å². The number of fused-ring (bicyclic) bond motifs is 1. The number of benzene rings is 2. The highest BCUT2D eigenvalue weighted by Gasteiger charge is 2.28. The number of hydrogen-bond donors (Lipinski definition) is 0. The van der Waals surface area contributed by atoms with Crippen LogP contribution in [0.25, 0.3) is 10.9 Å². The highest BCUT2D eigenvalue weighted by Crippen LogP contribution is 2.34. The molecule has 8 nitrogen and oxygen atoms in total. The normalized spacial score (nSPS) is 18.0. The molecule has 0 N–H and O–H groups in total. The topological polar surface area (TPSA) is 82.9 Å². The number of ether oxygens (including phenoxy) is 3. The van der Waals surface area contributed by atoms with E-state index in [-0.39, 0.29) is 30.2 Å². The Labute approximate surface area is 199 Å². The van der Waals surface area contributed by atoms with Crippen LogP contribution in [0, 0.1) is 0 Å². The molecule has 1 aliphatic carbocycles. The first-order valence-electron chi connectivity index (χ1n) is 11.5. The monoisotopic (exact) mass is 465 g/mol.